The summed E-state index contributed by atoms with van der Waals surface area (Å²) in [5, 5.41) is 6.66. The Balaban J connectivity index is 1.78. The first kappa shape index (κ1) is 20.0. The molecule has 0 heterocycles. The monoisotopic (exact) mass is 370 g/mol. The molecular formula is C19H28ClFN2O2. The zero-order valence-electron chi connectivity index (χ0n) is 15.4. The molecule has 0 aromatic heterocycles. The van der Waals surface area contributed by atoms with Gasteiger partial charge < -0.3 is 15.4 Å². The van der Waals surface area contributed by atoms with Crippen molar-refractivity contribution in [2.45, 2.75) is 77.1 Å². The number of amides is 1. The number of alkyl carbamates (subject to hydrolysis) is 1. The van der Waals surface area contributed by atoms with E-state index in [0.29, 0.717) is 6.04 Å². The van der Waals surface area contributed by atoms with Crippen LogP contribution in [0.1, 0.15) is 65.0 Å². The first-order valence-corrected chi connectivity index (χ1v) is 9.22. The van der Waals surface area contributed by atoms with Crippen molar-refractivity contribution in [2.75, 3.05) is 0 Å². The van der Waals surface area contributed by atoms with Gasteiger partial charge in [-0.05, 0) is 71.1 Å². The summed E-state index contributed by atoms with van der Waals surface area (Å²) in [6.45, 7) is 7.62. The van der Waals surface area contributed by atoms with Crippen LogP contribution >= 0.6 is 11.6 Å². The highest BCUT2D eigenvalue weighted by Crippen LogP contribution is 2.25. The highest BCUT2D eigenvalue weighted by atomic mass is 35.5. The third kappa shape index (κ3) is 6.48. The molecule has 1 aromatic carbocycles. The fraction of sp³-hybridized carbons (Fsp3) is 0.632. The molecule has 1 aliphatic rings. The molecule has 1 atom stereocenters. The van der Waals surface area contributed by atoms with E-state index < -0.39 is 11.4 Å². The topological polar surface area (TPSA) is 50.4 Å². The normalized spacial score (nSPS) is 22.3. The molecule has 6 heteroatoms. The summed E-state index contributed by atoms with van der Waals surface area (Å²) in [5.41, 5.74) is 0.495. The average molecular weight is 371 g/mol. The largest absolute Gasteiger partial charge is 0.444 e. The van der Waals surface area contributed by atoms with Gasteiger partial charge in [0, 0.05) is 18.1 Å². The standard InChI is InChI=1S/C19H28ClFN2O2/c1-12(13-5-10-17(21)16(20)11-13)22-14-6-8-15(9-7-14)23-18(24)25-19(2,3)4/h5,10-12,14-15,22H,6-9H2,1-4H3,(H,23,24). The molecule has 1 saturated carbocycles. The Kier molecular flexibility index (Phi) is 6.69. The third-order valence-corrected chi connectivity index (χ3v) is 4.67. The summed E-state index contributed by atoms with van der Waals surface area (Å²) in [6, 6.07) is 5.45. The molecule has 1 aromatic rings. The number of nitrogens with one attached hydrogen (secondary N) is 2. The van der Waals surface area contributed by atoms with Crippen LogP contribution < -0.4 is 10.6 Å². The molecule has 0 spiro atoms. The van der Waals surface area contributed by atoms with Gasteiger partial charge in [-0.15, -0.1) is 0 Å². The zero-order valence-corrected chi connectivity index (χ0v) is 16.1. The summed E-state index contributed by atoms with van der Waals surface area (Å²) >= 11 is 5.86. The van der Waals surface area contributed by atoms with Gasteiger partial charge >= 0.3 is 6.09 Å². The lowest BCUT2D eigenvalue weighted by molar-refractivity contribution is 0.0489. The SMILES string of the molecule is CC(NC1CCC(NC(=O)OC(C)(C)C)CC1)c1ccc(F)c(Cl)c1. The number of ether oxygens (including phenoxy) is 1. The summed E-state index contributed by atoms with van der Waals surface area (Å²) < 4.78 is 18.6. The molecule has 2 rings (SSSR count). The molecule has 0 radical (unpaired) electrons. The van der Waals surface area contributed by atoms with Gasteiger partial charge in [0.05, 0.1) is 5.02 Å². The maximum absolute atomic E-state index is 13.3. The van der Waals surface area contributed by atoms with Gasteiger partial charge in [-0.2, -0.15) is 0 Å². The Hall–Kier alpha value is -1.33. The maximum atomic E-state index is 13.3. The molecule has 1 aliphatic carbocycles. The quantitative estimate of drug-likeness (QED) is 0.787. The van der Waals surface area contributed by atoms with Crippen molar-refractivity contribution in [3.05, 3.63) is 34.6 Å². The Labute approximate surface area is 154 Å². The lowest BCUT2D eigenvalue weighted by atomic mass is 9.90. The van der Waals surface area contributed by atoms with Crippen LogP contribution in [0.5, 0.6) is 0 Å². The fourth-order valence-electron chi connectivity index (χ4n) is 3.11. The molecule has 0 aliphatic heterocycles. The van der Waals surface area contributed by atoms with Crippen LogP contribution in [0.2, 0.25) is 5.02 Å². The molecule has 25 heavy (non-hydrogen) atoms. The van der Waals surface area contributed by atoms with E-state index in [1.807, 2.05) is 20.8 Å². The third-order valence-electron chi connectivity index (χ3n) is 4.38. The van der Waals surface area contributed by atoms with Crippen LogP contribution in [0.3, 0.4) is 0 Å². The highest BCUT2D eigenvalue weighted by Gasteiger charge is 2.25. The van der Waals surface area contributed by atoms with Crippen LogP contribution in [0, 0.1) is 5.82 Å². The summed E-state index contributed by atoms with van der Waals surface area (Å²) in [7, 11) is 0. The molecule has 1 amide bonds. The van der Waals surface area contributed by atoms with Gasteiger partial charge in [-0.1, -0.05) is 17.7 Å². The molecule has 0 bridgehead atoms. The number of hydrogen-bond donors (Lipinski definition) is 2. The van der Waals surface area contributed by atoms with E-state index in [1.54, 1.807) is 12.1 Å². The van der Waals surface area contributed by atoms with Crippen molar-refractivity contribution in [2.24, 2.45) is 0 Å². The van der Waals surface area contributed by atoms with Gasteiger partial charge in [-0.3, -0.25) is 0 Å². The minimum Gasteiger partial charge on any atom is -0.444 e. The van der Waals surface area contributed by atoms with E-state index in [1.165, 1.54) is 6.07 Å². The van der Waals surface area contributed by atoms with Crippen molar-refractivity contribution in [3.63, 3.8) is 0 Å². The molecule has 1 unspecified atom stereocenters. The first-order valence-electron chi connectivity index (χ1n) is 8.84. The Bertz CT molecular complexity index is 596. The first-order chi connectivity index (χ1) is 11.6. The van der Waals surface area contributed by atoms with E-state index in [9.17, 15) is 9.18 Å². The minimum atomic E-state index is -0.477. The van der Waals surface area contributed by atoms with Crippen LogP contribution in [0.4, 0.5) is 9.18 Å². The molecule has 140 valence electrons. The number of carbonyl (C=O) groups excluding carboxylic acids is 1. The number of carbonyl (C=O) groups is 1. The second-order valence-corrected chi connectivity index (χ2v) is 8.16. The van der Waals surface area contributed by atoms with Crippen LogP contribution in [0.15, 0.2) is 18.2 Å². The van der Waals surface area contributed by atoms with Crippen molar-refractivity contribution >= 4 is 17.7 Å². The molecule has 1 fully saturated rings. The van der Waals surface area contributed by atoms with E-state index >= 15 is 0 Å². The van der Waals surface area contributed by atoms with Crippen molar-refractivity contribution in [1.29, 1.82) is 0 Å². The van der Waals surface area contributed by atoms with Gasteiger partial charge in [-0.25, -0.2) is 9.18 Å². The van der Waals surface area contributed by atoms with Crippen LogP contribution in [0.25, 0.3) is 0 Å². The second-order valence-electron chi connectivity index (χ2n) is 7.76. The lowest BCUT2D eigenvalue weighted by Crippen LogP contribution is -2.44. The van der Waals surface area contributed by atoms with Gasteiger partial charge in [0.1, 0.15) is 11.4 Å². The highest BCUT2D eigenvalue weighted by molar-refractivity contribution is 6.30. The summed E-state index contributed by atoms with van der Waals surface area (Å²) in [6.07, 6.45) is 3.42. The predicted molar refractivity (Wildman–Crippen MR) is 98.4 cm³/mol. The summed E-state index contributed by atoms with van der Waals surface area (Å²) in [5.74, 6) is -0.397. The van der Waals surface area contributed by atoms with Crippen molar-refractivity contribution < 1.29 is 13.9 Å². The molecular weight excluding hydrogens is 343 g/mol. The molecule has 4 nitrogen and oxygen atoms in total. The van der Waals surface area contributed by atoms with Crippen molar-refractivity contribution in [1.82, 2.24) is 10.6 Å². The molecule has 2 N–H and O–H groups in total. The van der Waals surface area contributed by atoms with E-state index in [-0.39, 0.29) is 23.2 Å². The van der Waals surface area contributed by atoms with Gasteiger partial charge in [0.25, 0.3) is 0 Å². The number of benzene rings is 1. The number of halogens is 2. The van der Waals surface area contributed by atoms with Gasteiger partial charge in [0.15, 0.2) is 0 Å². The van der Waals surface area contributed by atoms with E-state index in [4.69, 9.17) is 16.3 Å². The average Bonchev–Trinajstić information content (AvgIpc) is 2.50. The van der Waals surface area contributed by atoms with E-state index in [0.717, 1.165) is 31.2 Å². The van der Waals surface area contributed by atoms with Crippen LogP contribution in [-0.2, 0) is 4.74 Å². The lowest BCUT2D eigenvalue weighted by Gasteiger charge is -2.32. The van der Waals surface area contributed by atoms with Crippen LogP contribution in [-0.4, -0.2) is 23.8 Å². The molecule has 0 saturated heterocycles. The number of hydrogen-bond acceptors (Lipinski definition) is 3. The fourth-order valence-corrected chi connectivity index (χ4v) is 3.30. The smallest absolute Gasteiger partial charge is 0.407 e. The maximum Gasteiger partial charge on any atom is 0.407 e. The second kappa shape index (κ2) is 8.37. The van der Waals surface area contributed by atoms with Crippen molar-refractivity contribution in [3.8, 4) is 0 Å². The number of rotatable bonds is 4. The zero-order chi connectivity index (χ0) is 18.6. The Morgan fingerprint density at radius 3 is 2.40 bits per heavy atom. The Morgan fingerprint density at radius 1 is 1.24 bits per heavy atom. The van der Waals surface area contributed by atoms with E-state index in [2.05, 4.69) is 17.6 Å². The van der Waals surface area contributed by atoms with Gasteiger partial charge in [0.2, 0.25) is 0 Å². The minimum absolute atomic E-state index is 0.0958. The predicted octanol–water partition coefficient (Wildman–Crippen LogP) is 4.97. The Morgan fingerprint density at radius 2 is 1.84 bits per heavy atom. The summed E-state index contributed by atoms with van der Waals surface area (Å²) in [4.78, 5) is 11.8.